The molecular weight excluding hydrogens is 312 g/mol. The summed E-state index contributed by atoms with van der Waals surface area (Å²) in [5.41, 5.74) is 0. The number of benzene rings is 1. The second kappa shape index (κ2) is 8.90. The van der Waals surface area contributed by atoms with E-state index >= 15 is 0 Å². The summed E-state index contributed by atoms with van der Waals surface area (Å²) in [7, 11) is 0. The summed E-state index contributed by atoms with van der Waals surface area (Å²) in [5, 5.41) is 11.0. The monoisotopic (exact) mass is 334 g/mol. The molecule has 1 fully saturated rings. The van der Waals surface area contributed by atoms with E-state index in [0.29, 0.717) is 19.5 Å². The molecule has 1 unspecified atom stereocenters. The minimum absolute atomic E-state index is 0.0540. The molecule has 7 nitrogen and oxygen atoms in total. The van der Waals surface area contributed by atoms with Gasteiger partial charge in [0, 0.05) is 13.1 Å². The molecule has 1 saturated heterocycles. The Bertz CT molecular complexity index is 576. The zero-order valence-electron chi connectivity index (χ0n) is 13.4. The number of carbonyl (C=O) groups is 3. The molecule has 2 amide bonds. The number of carboxylic acids is 1. The van der Waals surface area contributed by atoms with Crippen LogP contribution in [0.3, 0.4) is 0 Å². The molecule has 0 radical (unpaired) electrons. The molecule has 1 heterocycles. The SMILES string of the molecule is O=C(O)CNC(=O)C1CCCN(C(=O)CCOc2ccccc2)C1. The van der Waals surface area contributed by atoms with Crippen molar-refractivity contribution in [1.82, 2.24) is 10.2 Å². The Morgan fingerprint density at radius 3 is 2.71 bits per heavy atom. The molecule has 0 spiro atoms. The first-order chi connectivity index (χ1) is 11.6. The number of para-hydroxylation sites is 1. The first kappa shape index (κ1) is 17.8. The summed E-state index contributed by atoms with van der Waals surface area (Å²) >= 11 is 0. The van der Waals surface area contributed by atoms with Crippen LogP contribution in [0, 0.1) is 5.92 Å². The number of carboxylic acid groups (broad SMARTS) is 1. The van der Waals surface area contributed by atoms with E-state index in [0.717, 1.165) is 12.2 Å². The van der Waals surface area contributed by atoms with Gasteiger partial charge in [-0.3, -0.25) is 14.4 Å². The third-order valence-electron chi connectivity index (χ3n) is 3.89. The van der Waals surface area contributed by atoms with Gasteiger partial charge in [-0.25, -0.2) is 0 Å². The number of carbonyl (C=O) groups excluding carboxylic acids is 2. The van der Waals surface area contributed by atoms with Gasteiger partial charge in [0.15, 0.2) is 0 Å². The zero-order chi connectivity index (χ0) is 17.4. The Hall–Kier alpha value is -2.57. The van der Waals surface area contributed by atoms with Crippen LogP contribution in [0.25, 0.3) is 0 Å². The zero-order valence-corrected chi connectivity index (χ0v) is 13.4. The molecule has 1 aromatic carbocycles. The minimum atomic E-state index is -1.08. The Morgan fingerprint density at radius 1 is 1.25 bits per heavy atom. The molecule has 1 aliphatic heterocycles. The maximum Gasteiger partial charge on any atom is 0.322 e. The first-order valence-corrected chi connectivity index (χ1v) is 8.01. The maximum atomic E-state index is 12.2. The van der Waals surface area contributed by atoms with E-state index in [1.165, 1.54) is 0 Å². The van der Waals surface area contributed by atoms with E-state index in [-0.39, 0.29) is 30.8 Å². The highest BCUT2D eigenvalue weighted by Gasteiger charge is 2.28. The standard InChI is InChI=1S/C17H22N2O5/c20-15(8-10-24-14-6-2-1-3-7-14)19-9-4-5-13(12-19)17(23)18-11-16(21)22/h1-3,6-7,13H,4-5,8-12H2,(H,18,23)(H,21,22). The minimum Gasteiger partial charge on any atom is -0.493 e. The lowest BCUT2D eigenvalue weighted by Gasteiger charge is -2.32. The Labute approximate surface area is 140 Å². The highest BCUT2D eigenvalue weighted by Crippen LogP contribution is 2.17. The first-order valence-electron chi connectivity index (χ1n) is 8.01. The number of likely N-dealkylation sites (tertiary alicyclic amines) is 1. The molecule has 0 aromatic heterocycles. The normalized spacial score (nSPS) is 17.2. The van der Waals surface area contributed by atoms with Crippen LogP contribution in [0.1, 0.15) is 19.3 Å². The Balaban J connectivity index is 1.75. The van der Waals surface area contributed by atoms with E-state index in [9.17, 15) is 14.4 Å². The summed E-state index contributed by atoms with van der Waals surface area (Å²) in [6.07, 6.45) is 1.64. The van der Waals surface area contributed by atoms with Crippen molar-refractivity contribution in [1.29, 1.82) is 0 Å². The van der Waals surface area contributed by atoms with Crippen molar-refractivity contribution in [2.45, 2.75) is 19.3 Å². The summed E-state index contributed by atoms with van der Waals surface area (Å²) in [4.78, 5) is 36.3. The average molecular weight is 334 g/mol. The van der Waals surface area contributed by atoms with Gasteiger partial charge in [-0.05, 0) is 25.0 Å². The van der Waals surface area contributed by atoms with Gasteiger partial charge >= 0.3 is 5.97 Å². The van der Waals surface area contributed by atoms with Crippen molar-refractivity contribution in [2.75, 3.05) is 26.2 Å². The lowest BCUT2D eigenvalue weighted by Crippen LogP contribution is -2.46. The van der Waals surface area contributed by atoms with Crippen LogP contribution in [0.4, 0.5) is 0 Å². The summed E-state index contributed by atoms with van der Waals surface area (Å²) in [5.74, 6) is -1.07. The van der Waals surface area contributed by atoms with Crippen LogP contribution in [0.5, 0.6) is 5.75 Å². The number of amides is 2. The summed E-state index contributed by atoms with van der Waals surface area (Å²) in [6, 6.07) is 9.27. The number of ether oxygens (including phenoxy) is 1. The van der Waals surface area contributed by atoms with Gasteiger partial charge in [-0.15, -0.1) is 0 Å². The molecular formula is C17H22N2O5. The third-order valence-corrected chi connectivity index (χ3v) is 3.89. The van der Waals surface area contributed by atoms with Gasteiger partial charge in [-0.2, -0.15) is 0 Å². The predicted octanol–water partition coefficient (Wildman–Crippen LogP) is 0.895. The highest BCUT2D eigenvalue weighted by atomic mass is 16.5. The number of piperidine rings is 1. The molecule has 24 heavy (non-hydrogen) atoms. The summed E-state index contributed by atoms with van der Waals surface area (Å²) in [6.45, 7) is 0.839. The maximum absolute atomic E-state index is 12.2. The summed E-state index contributed by atoms with van der Waals surface area (Å²) < 4.78 is 5.51. The molecule has 0 bridgehead atoms. The molecule has 0 saturated carbocycles. The second-order valence-electron chi connectivity index (χ2n) is 5.70. The molecule has 0 aliphatic carbocycles. The van der Waals surface area contributed by atoms with Crippen molar-refractivity contribution in [3.05, 3.63) is 30.3 Å². The van der Waals surface area contributed by atoms with E-state index in [1.807, 2.05) is 30.3 Å². The largest absolute Gasteiger partial charge is 0.493 e. The third kappa shape index (κ3) is 5.57. The number of aliphatic carboxylic acids is 1. The highest BCUT2D eigenvalue weighted by molar-refractivity contribution is 5.84. The van der Waals surface area contributed by atoms with Crippen LogP contribution in [0.15, 0.2) is 30.3 Å². The predicted molar refractivity (Wildman–Crippen MR) is 86.5 cm³/mol. The molecule has 2 rings (SSSR count). The van der Waals surface area contributed by atoms with Crippen molar-refractivity contribution >= 4 is 17.8 Å². The molecule has 130 valence electrons. The second-order valence-corrected chi connectivity index (χ2v) is 5.70. The fourth-order valence-electron chi connectivity index (χ4n) is 2.66. The fraction of sp³-hybridized carbons (Fsp3) is 0.471. The van der Waals surface area contributed by atoms with Gasteiger partial charge in [0.25, 0.3) is 0 Å². The van der Waals surface area contributed by atoms with E-state index in [2.05, 4.69) is 5.32 Å². The van der Waals surface area contributed by atoms with Gasteiger partial charge in [-0.1, -0.05) is 18.2 Å². The van der Waals surface area contributed by atoms with Crippen LogP contribution in [0.2, 0.25) is 0 Å². The van der Waals surface area contributed by atoms with Crippen LogP contribution in [-0.4, -0.2) is 54.0 Å². The van der Waals surface area contributed by atoms with Crippen molar-refractivity contribution in [2.24, 2.45) is 5.92 Å². The Morgan fingerprint density at radius 2 is 2.00 bits per heavy atom. The lowest BCUT2D eigenvalue weighted by atomic mass is 9.97. The molecule has 2 N–H and O–H groups in total. The fourth-order valence-corrected chi connectivity index (χ4v) is 2.66. The number of nitrogens with zero attached hydrogens (tertiary/aromatic N) is 1. The quantitative estimate of drug-likeness (QED) is 0.772. The van der Waals surface area contributed by atoms with Crippen LogP contribution in [-0.2, 0) is 14.4 Å². The van der Waals surface area contributed by atoms with Crippen molar-refractivity contribution < 1.29 is 24.2 Å². The topological polar surface area (TPSA) is 95.9 Å². The van der Waals surface area contributed by atoms with E-state index < -0.39 is 12.5 Å². The van der Waals surface area contributed by atoms with Gasteiger partial charge in [0.05, 0.1) is 18.9 Å². The molecule has 7 heteroatoms. The number of rotatable bonds is 7. The van der Waals surface area contributed by atoms with E-state index in [1.54, 1.807) is 4.90 Å². The van der Waals surface area contributed by atoms with Gasteiger partial charge < -0.3 is 20.1 Å². The Kier molecular flexibility index (Phi) is 6.60. The number of nitrogens with one attached hydrogen (secondary N) is 1. The molecule has 1 aromatic rings. The van der Waals surface area contributed by atoms with Crippen molar-refractivity contribution in [3.63, 3.8) is 0 Å². The van der Waals surface area contributed by atoms with Crippen molar-refractivity contribution in [3.8, 4) is 5.75 Å². The molecule has 1 aliphatic rings. The average Bonchev–Trinajstić information content (AvgIpc) is 2.60. The smallest absolute Gasteiger partial charge is 0.322 e. The lowest BCUT2D eigenvalue weighted by molar-refractivity contribution is -0.140. The molecule has 1 atom stereocenters. The van der Waals surface area contributed by atoms with Gasteiger partial charge in [0.1, 0.15) is 12.3 Å². The van der Waals surface area contributed by atoms with Crippen LogP contribution >= 0.6 is 0 Å². The number of hydrogen-bond acceptors (Lipinski definition) is 4. The van der Waals surface area contributed by atoms with Crippen LogP contribution < -0.4 is 10.1 Å². The number of hydrogen-bond donors (Lipinski definition) is 2. The van der Waals surface area contributed by atoms with Gasteiger partial charge in [0.2, 0.25) is 11.8 Å². The van der Waals surface area contributed by atoms with E-state index in [4.69, 9.17) is 9.84 Å².